The molecule has 232 valence electrons. The highest BCUT2D eigenvalue weighted by atomic mass is 16.5. The minimum atomic E-state index is -1.05. The SMILES string of the molecule is Oc1cc(O)c2c(c1)O[C@H](c1cc(O)c(O)c(O)c1)[C@@H](O)C2.Oc1cc(O)c2c(c1)O[C@H](c1cc(O)c(O)c(O)c1)[C@H](O)C2. The molecule has 0 unspecified atom stereocenters. The van der Waals surface area contributed by atoms with Crippen molar-refractivity contribution in [1.29, 1.82) is 0 Å². The molecule has 0 saturated carbocycles. The van der Waals surface area contributed by atoms with Crippen LogP contribution in [0.2, 0.25) is 0 Å². The second-order valence-corrected chi connectivity index (χ2v) is 10.3. The number of hydrogen-bond donors (Lipinski definition) is 12. The standard InChI is InChI=1S/2C15H14O7/c2*16-7-3-9(17)8-5-12(20)15(22-13(8)4-7)6-1-10(18)14(21)11(19)2-6/h2*1-4,12,15-21H,5H2/t12-,15+;12-,15-/m01/s1. The molecule has 0 amide bonds. The van der Waals surface area contributed by atoms with Gasteiger partial charge in [0.05, 0.1) is 12.2 Å². The van der Waals surface area contributed by atoms with Crippen LogP contribution in [0.25, 0.3) is 0 Å². The summed E-state index contributed by atoms with van der Waals surface area (Å²) in [6, 6.07) is 9.55. The van der Waals surface area contributed by atoms with Gasteiger partial charge in [0.2, 0.25) is 0 Å². The molecule has 14 heteroatoms. The molecule has 44 heavy (non-hydrogen) atoms. The van der Waals surface area contributed by atoms with Gasteiger partial charge in [-0.2, -0.15) is 0 Å². The highest BCUT2D eigenvalue weighted by molar-refractivity contribution is 5.56. The lowest BCUT2D eigenvalue weighted by Gasteiger charge is -2.31. The molecule has 0 aliphatic carbocycles. The van der Waals surface area contributed by atoms with Crippen LogP contribution in [0.4, 0.5) is 0 Å². The van der Waals surface area contributed by atoms with Gasteiger partial charge in [-0.1, -0.05) is 0 Å². The van der Waals surface area contributed by atoms with E-state index in [2.05, 4.69) is 0 Å². The van der Waals surface area contributed by atoms with E-state index >= 15 is 0 Å². The molecule has 0 saturated heterocycles. The Hall–Kier alpha value is -5.60. The van der Waals surface area contributed by atoms with Crippen LogP contribution in [-0.2, 0) is 12.8 Å². The van der Waals surface area contributed by atoms with Crippen LogP contribution < -0.4 is 9.47 Å². The monoisotopic (exact) mass is 612 g/mol. The fourth-order valence-electron chi connectivity index (χ4n) is 5.08. The maximum atomic E-state index is 10.2. The van der Waals surface area contributed by atoms with Crippen LogP contribution in [0.5, 0.6) is 69.0 Å². The van der Waals surface area contributed by atoms with Crippen LogP contribution in [0, 0.1) is 0 Å². The number of aliphatic hydroxyl groups excluding tert-OH is 2. The number of phenols is 10. The van der Waals surface area contributed by atoms with E-state index in [1.807, 2.05) is 0 Å². The number of ether oxygens (including phenoxy) is 2. The summed E-state index contributed by atoms with van der Waals surface area (Å²) in [5, 5.41) is 116. The first kappa shape index (κ1) is 29.9. The topological polar surface area (TPSA) is 261 Å². The van der Waals surface area contributed by atoms with Crippen molar-refractivity contribution in [3.63, 3.8) is 0 Å². The molecule has 0 radical (unpaired) electrons. The fraction of sp³-hybridized carbons (Fsp3) is 0.200. The van der Waals surface area contributed by atoms with Gasteiger partial charge in [-0.05, 0) is 24.3 Å². The van der Waals surface area contributed by atoms with Gasteiger partial charge in [-0.3, -0.25) is 0 Å². The van der Waals surface area contributed by atoms with Crippen molar-refractivity contribution >= 4 is 0 Å². The van der Waals surface area contributed by atoms with Crippen molar-refractivity contribution < 1.29 is 70.8 Å². The Morgan fingerprint density at radius 2 is 0.750 bits per heavy atom. The Morgan fingerprint density at radius 3 is 1.07 bits per heavy atom. The lowest BCUT2D eigenvalue weighted by molar-refractivity contribution is 0.0195. The van der Waals surface area contributed by atoms with Crippen LogP contribution >= 0.6 is 0 Å². The number of phenolic OH excluding ortho intramolecular Hbond substituents is 10. The normalized spacial score (nSPS) is 20.2. The second-order valence-electron chi connectivity index (χ2n) is 10.3. The van der Waals surface area contributed by atoms with Gasteiger partial charge in [0.1, 0.15) is 34.5 Å². The molecule has 0 spiro atoms. The van der Waals surface area contributed by atoms with Crippen LogP contribution in [-0.4, -0.2) is 73.5 Å². The summed E-state index contributed by atoms with van der Waals surface area (Å²) in [4.78, 5) is 0. The third kappa shape index (κ3) is 5.58. The van der Waals surface area contributed by atoms with Gasteiger partial charge in [-0.25, -0.2) is 0 Å². The van der Waals surface area contributed by atoms with Gasteiger partial charge < -0.3 is 70.8 Å². The third-order valence-corrected chi connectivity index (χ3v) is 7.21. The first-order valence-corrected chi connectivity index (χ1v) is 13.0. The third-order valence-electron chi connectivity index (χ3n) is 7.21. The van der Waals surface area contributed by atoms with Gasteiger partial charge in [0.15, 0.2) is 46.7 Å². The Bertz CT molecular complexity index is 1560. The number of benzene rings is 4. The molecule has 2 aliphatic heterocycles. The number of aromatic hydroxyl groups is 10. The van der Waals surface area contributed by atoms with E-state index in [1.165, 1.54) is 12.1 Å². The molecule has 4 aromatic rings. The number of hydrogen-bond acceptors (Lipinski definition) is 14. The molecule has 0 aromatic heterocycles. The van der Waals surface area contributed by atoms with Gasteiger partial charge >= 0.3 is 0 Å². The molecule has 12 N–H and O–H groups in total. The molecular weight excluding hydrogens is 584 g/mol. The van der Waals surface area contributed by atoms with E-state index in [0.29, 0.717) is 11.1 Å². The molecule has 4 atom stereocenters. The van der Waals surface area contributed by atoms with Crippen LogP contribution in [0.3, 0.4) is 0 Å². The molecule has 4 aromatic carbocycles. The predicted molar refractivity (Wildman–Crippen MR) is 149 cm³/mol. The average Bonchev–Trinajstić information content (AvgIpc) is 2.94. The zero-order valence-electron chi connectivity index (χ0n) is 22.5. The highest BCUT2D eigenvalue weighted by Crippen LogP contribution is 2.46. The summed E-state index contributed by atoms with van der Waals surface area (Å²) in [6.45, 7) is 0. The van der Waals surface area contributed by atoms with Crippen molar-refractivity contribution in [3.8, 4) is 69.0 Å². The van der Waals surface area contributed by atoms with Crippen molar-refractivity contribution in [3.05, 3.63) is 70.8 Å². The van der Waals surface area contributed by atoms with E-state index in [9.17, 15) is 61.3 Å². The van der Waals surface area contributed by atoms with Crippen molar-refractivity contribution in [2.75, 3.05) is 0 Å². The maximum absolute atomic E-state index is 10.2. The summed E-state index contributed by atoms with van der Waals surface area (Å²) < 4.78 is 11.1. The zero-order chi connectivity index (χ0) is 32.0. The van der Waals surface area contributed by atoms with E-state index in [0.717, 1.165) is 36.4 Å². The lowest BCUT2D eigenvalue weighted by Crippen LogP contribution is -2.30. The smallest absolute Gasteiger partial charge is 0.200 e. The summed E-state index contributed by atoms with van der Waals surface area (Å²) in [5.74, 6) is -3.89. The Morgan fingerprint density at radius 1 is 0.432 bits per heavy atom. The first-order valence-electron chi connectivity index (χ1n) is 13.0. The van der Waals surface area contributed by atoms with Crippen molar-refractivity contribution in [2.24, 2.45) is 0 Å². The summed E-state index contributed by atoms with van der Waals surface area (Å²) in [5.41, 5.74) is 1.20. The summed E-state index contributed by atoms with van der Waals surface area (Å²) in [6.07, 6.45) is -3.85. The summed E-state index contributed by atoms with van der Waals surface area (Å²) in [7, 11) is 0. The van der Waals surface area contributed by atoms with Gasteiger partial charge in [0.25, 0.3) is 0 Å². The van der Waals surface area contributed by atoms with E-state index in [1.54, 1.807) is 0 Å². The first-order chi connectivity index (χ1) is 20.7. The van der Waals surface area contributed by atoms with Crippen LogP contribution in [0.15, 0.2) is 48.5 Å². The molecule has 0 fully saturated rings. The molecule has 14 nitrogen and oxygen atoms in total. The zero-order valence-corrected chi connectivity index (χ0v) is 22.5. The van der Waals surface area contributed by atoms with E-state index in [4.69, 9.17) is 9.47 Å². The quantitative estimate of drug-likeness (QED) is 0.145. The Balaban J connectivity index is 0.000000175. The minimum Gasteiger partial charge on any atom is -0.508 e. The number of fused-ring (bicyclic) bond motifs is 2. The highest BCUT2D eigenvalue weighted by Gasteiger charge is 2.34. The van der Waals surface area contributed by atoms with Crippen molar-refractivity contribution in [2.45, 2.75) is 37.3 Å². The second kappa shape index (κ2) is 11.2. The maximum Gasteiger partial charge on any atom is 0.200 e. The molecule has 6 rings (SSSR count). The van der Waals surface area contributed by atoms with E-state index < -0.39 is 58.9 Å². The average molecular weight is 613 g/mol. The summed E-state index contributed by atoms with van der Waals surface area (Å²) >= 11 is 0. The van der Waals surface area contributed by atoms with Crippen molar-refractivity contribution in [1.82, 2.24) is 0 Å². The molecule has 2 aliphatic rings. The molecule has 2 heterocycles. The van der Waals surface area contributed by atoms with Crippen LogP contribution in [0.1, 0.15) is 34.5 Å². The number of rotatable bonds is 2. The predicted octanol–water partition coefficient (Wildman–Crippen LogP) is 2.50. The molecular formula is C30H28O14. The largest absolute Gasteiger partial charge is 0.508 e. The van der Waals surface area contributed by atoms with Gasteiger partial charge in [0, 0.05) is 59.4 Å². The Labute approximate surface area is 248 Å². The lowest BCUT2D eigenvalue weighted by atomic mass is 9.93. The molecule has 0 bridgehead atoms. The van der Waals surface area contributed by atoms with Gasteiger partial charge in [-0.15, -0.1) is 0 Å². The Kier molecular flexibility index (Phi) is 7.63. The number of aliphatic hydroxyl groups is 2. The fourth-order valence-corrected chi connectivity index (χ4v) is 5.08. The van der Waals surface area contributed by atoms with E-state index in [-0.39, 0.29) is 58.5 Å². The minimum absolute atomic E-state index is 0.0640.